The van der Waals surface area contributed by atoms with E-state index in [9.17, 15) is 14.7 Å². The maximum absolute atomic E-state index is 11.9. The molecule has 0 aliphatic carbocycles. The molecule has 0 aliphatic heterocycles. The van der Waals surface area contributed by atoms with Crippen molar-refractivity contribution in [3.8, 4) is 34.6 Å². The fourth-order valence-corrected chi connectivity index (χ4v) is 4.34. The Kier molecular flexibility index (Phi) is 14.6. The number of aliphatic imine (C=N–C) groups is 1. The van der Waals surface area contributed by atoms with Gasteiger partial charge in [0.25, 0.3) is 11.7 Å². The van der Waals surface area contributed by atoms with Gasteiger partial charge in [-0.3, -0.25) is 14.2 Å². The number of rotatable bonds is 5. The lowest BCUT2D eigenvalue weighted by molar-refractivity contribution is 0.0996. The Morgan fingerprint density at radius 2 is 1.46 bits per heavy atom. The zero-order chi connectivity index (χ0) is 38.0. The van der Waals surface area contributed by atoms with Crippen LogP contribution in [0.5, 0.6) is 11.5 Å². The van der Waals surface area contributed by atoms with E-state index >= 15 is 0 Å². The Morgan fingerprint density at radius 1 is 0.904 bits per heavy atom. The van der Waals surface area contributed by atoms with E-state index in [0.29, 0.717) is 32.9 Å². The number of allylic oxidation sites excluding steroid dienone is 1. The summed E-state index contributed by atoms with van der Waals surface area (Å²) in [4.78, 5) is 40.3. The highest BCUT2D eigenvalue weighted by Crippen LogP contribution is 2.25. The monoisotopic (exact) mass is 728 g/mol. The van der Waals surface area contributed by atoms with E-state index in [4.69, 9.17) is 46.4 Å². The number of phenolic OH excluding ortho intramolecular Hbond substituents is 2. The summed E-state index contributed by atoms with van der Waals surface area (Å²) in [7, 11) is 0. The van der Waals surface area contributed by atoms with Crippen LogP contribution in [0, 0.1) is 22.7 Å². The van der Waals surface area contributed by atoms with Crippen molar-refractivity contribution in [3.63, 3.8) is 0 Å². The van der Waals surface area contributed by atoms with E-state index in [2.05, 4.69) is 42.2 Å². The second-order valence-electron chi connectivity index (χ2n) is 9.88. The fourth-order valence-electron chi connectivity index (χ4n) is 3.94. The van der Waals surface area contributed by atoms with Crippen molar-refractivity contribution in [1.82, 2.24) is 19.5 Å². The van der Waals surface area contributed by atoms with Crippen molar-refractivity contribution in [2.24, 2.45) is 22.2 Å². The minimum absolute atomic E-state index is 0.0545. The minimum atomic E-state index is -0.686. The molecule has 4 aromatic carbocycles. The second kappa shape index (κ2) is 19.5. The number of nitrogens with two attached hydrogens (primary N) is 3. The number of isothiocyanates is 1. The van der Waals surface area contributed by atoms with Gasteiger partial charge in [-0.15, -0.1) is 0 Å². The Balaban J connectivity index is 0.000000229. The first-order valence-corrected chi connectivity index (χ1v) is 15.4. The first-order chi connectivity index (χ1) is 25.0. The van der Waals surface area contributed by atoms with Crippen LogP contribution in [0.25, 0.3) is 33.1 Å². The van der Waals surface area contributed by atoms with Gasteiger partial charge in [0.1, 0.15) is 35.1 Å². The van der Waals surface area contributed by atoms with Gasteiger partial charge in [0.15, 0.2) is 21.9 Å². The van der Waals surface area contributed by atoms with Crippen LogP contribution in [0.15, 0.2) is 126 Å². The largest absolute Gasteiger partial charge is 0.508 e. The number of nitrogens with one attached hydrogen (secondary N) is 1. The molecule has 0 bridgehead atoms. The summed E-state index contributed by atoms with van der Waals surface area (Å²) in [5.41, 5.74) is 18.9. The topological polar surface area (TPSA) is 240 Å². The fraction of sp³-hybridized carbons (Fsp3) is 0. The summed E-state index contributed by atoms with van der Waals surface area (Å²) in [5.74, 6) is -0.314. The highest BCUT2D eigenvalue weighted by atomic mass is 32.1. The maximum atomic E-state index is 11.9. The molecule has 2 heterocycles. The average molecular weight is 729 g/mol. The number of imidazole rings is 1. The number of aromatic hydroxyl groups is 2. The van der Waals surface area contributed by atoms with Crippen molar-refractivity contribution < 1.29 is 19.8 Å². The third-order valence-electron chi connectivity index (χ3n) is 6.39. The number of thiocarbonyl (C=S) groups is 1. The van der Waals surface area contributed by atoms with Crippen molar-refractivity contribution in [3.05, 3.63) is 148 Å². The average Bonchev–Trinajstić information content (AvgIpc) is 3.51. The van der Waals surface area contributed by atoms with Crippen LogP contribution in [0.4, 0.5) is 5.69 Å². The van der Waals surface area contributed by atoms with Crippen molar-refractivity contribution in [2.45, 2.75) is 0 Å². The summed E-state index contributed by atoms with van der Waals surface area (Å²) in [6.45, 7) is 6.25. The van der Waals surface area contributed by atoms with Crippen molar-refractivity contribution >= 4 is 58.6 Å². The predicted octanol–water partition coefficient (Wildman–Crippen LogP) is 6.09. The molecule has 14 nitrogen and oxygen atoms in total. The van der Waals surface area contributed by atoms with Crippen LogP contribution in [0.3, 0.4) is 0 Å². The number of H-pyrrole nitrogens is 1. The molecule has 6 rings (SSSR count). The van der Waals surface area contributed by atoms with Crippen LogP contribution in [0.2, 0.25) is 0 Å². The number of aromatic amines is 1. The van der Waals surface area contributed by atoms with Crippen molar-refractivity contribution in [1.29, 1.82) is 5.26 Å². The van der Waals surface area contributed by atoms with Crippen molar-refractivity contribution in [2.75, 3.05) is 0 Å². The standard InChI is InChI=1S/C18H13N5O2S.C7H5NS.C7H6O2.C4H4N4/c19-15(25)13-14-17(22-16(20-13)10-6-8-12(24)9-7-10)23(18(26)21-14)11-4-2-1-3-5-11;9-6-8-7-4-2-1-3-5-7;8-5-6-1-3-7(9)4-2-6;1-8-4(7)3(6)2-5/h1-9,24H,(H2,19,25)(H,21,26);1-5H;1-5,9H;6-7H2/b;;;4-3+. The van der Waals surface area contributed by atoms with Crippen LogP contribution in [-0.4, -0.2) is 47.1 Å². The Hall–Kier alpha value is -7.49. The molecule has 258 valence electrons. The normalized spacial score (nSPS) is 10.0. The number of hydrogen-bond donors (Lipinski definition) is 6. The molecule has 2 aromatic heterocycles. The molecule has 0 fully saturated rings. The van der Waals surface area contributed by atoms with Gasteiger partial charge in [-0.2, -0.15) is 10.3 Å². The van der Waals surface area contributed by atoms with Gasteiger partial charge < -0.3 is 37.2 Å². The third kappa shape index (κ3) is 11.0. The van der Waals surface area contributed by atoms with Crippen LogP contribution >= 0.6 is 24.4 Å². The zero-order valence-electron chi connectivity index (χ0n) is 26.9. The molecule has 52 heavy (non-hydrogen) atoms. The molecule has 0 atom stereocenters. The molecule has 16 heteroatoms. The van der Waals surface area contributed by atoms with E-state index in [1.807, 2.05) is 60.7 Å². The summed E-state index contributed by atoms with van der Waals surface area (Å²) in [5, 5.41) is 28.5. The number of benzene rings is 4. The minimum Gasteiger partial charge on any atom is -0.508 e. The van der Waals surface area contributed by atoms with E-state index in [1.54, 1.807) is 28.8 Å². The lowest BCUT2D eigenvalue weighted by Gasteiger charge is -2.07. The number of nitriles is 1. The molecule has 9 N–H and O–H groups in total. The molecule has 6 aromatic rings. The highest BCUT2D eigenvalue weighted by Gasteiger charge is 2.19. The summed E-state index contributed by atoms with van der Waals surface area (Å²) in [6.07, 6.45) is 0.736. The van der Waals surface area contributed by atoms with Crippen LogP contribution in [-0.2, 0) is 0 Å². The molecule has 1 amide bonds. The second-order valence-corrected chi connectivity index (χ2v) is 10.4. The Bertz CT molecular complexity index is 2350. The van der Waals surface area contributed by atoms with E-state index in [-0.39, 0.29) is 28.7 Å². The molecule has 0 unspecified atom stereocenters. The van der Waals surface area contributed by atoms with Gasteiger partial charge in [0.05, 0.1) is 10.8 Å². The number of hydrogen-bond acceptors (Lipinski definition) is 12. The number of aldehydes is 1. The molecular formula is C36H28N10O4S2. The number of para-hydroxylation sites is 2. The summed E-state index contributed by atoms with van der Waals surface area (Å²) >= 11 is 9.83. The van der Waals surface area contributed by atoms with Crippen LogP contribution < -0.4 is 17.2 Å². The van der Waals surface area contributed by atoms with E-state index in [1.165, 1.54) is 30.3 Å². The molecule has 0 spiro atoms. The molecular weight excluding hydrogens is 701 g/mol. The lowest BCUT2D eigenvalue weighted by atomic mass is 10.2. The highest BCUT2D eigenvalue weighted by molar-refractivity contribution is 7.78. The van der Waals surface area contributed by atoms with E-state index in [0.717, 1.165) is 17.7 Å². The quantitative estimate of drug-likeness (QED) is 0.0390. The summed E-state index contributed by atoms with van der Waals surface area (Å²) < 4.78 is 2.11. The number of fused-ring (bicyclic) bond motifs is 1. The summed E-state index contributed by atoms with van der Waals surface area (Å²) in [6, 6.07) is 32.9. The molecule has 0 saturated heterocycles. The lowest BCUT2D eigenvalue weighted by Crippen LogP contribution is -2.15. The number of phenols is 2. The van der Waals surface area contributed by atoms with Gasteiger partial charge in [-0.1, -0.05) is 43.0 Å². The zero-order valence-corrected chi connectivity index (χ0v) is 28.5. The third-order valence-corrected chi connectivity index (χ3v) is 6.76. The first-order valence-electron chi connectivity index (χ1n) is 14.6. The number of carbonyl (C=O) groups is 2. The van der Waals surface area contributed by atoms with Gasteiger partial charge >= 0.3 is 0 Å². The maximum Gasteiger partial charge on any atom is 0.269 e. The molecule has 0 saturated carbocycles. The Morgan fingerprint density at radius 3 is 1.94 bits per heavy atom. The number of primary amides is 1. The number of carbonyl (C=O) groups excluding carboxylic acids is 2. The van der Waals surface area contributed by atoms with Gasteiger partial charge in [0.2, 0.25) is 0 Å². The predicted molar refractivity (Wildman–Crippen MR) is 202 cm³/mol. The van der Waals surface area contributed by atoms with E-state index < -0.39 is 5.91 Å². The molecule has 0 aliphatic rings. The molecule has 0 radical (unpaired) electrons. The number of aromatic nitrogens is 4. The Labute approximate surface area is 307 Å². The van der Waals surface area contributed by atoms with Gasteiger partial charge in [0, 0.05) is 16.8 Å². The first kappa shape index (κ1) is 39.0. The SMILES string of the molecule is NC(=O)c1nc(-c2ccc(O)cc2)nc2c1[nH]c(=S)n2-c1ccccc1.O=Cc1ccc(O)cc1.S=C=Nc1ccccc1.[C-]#[N+]/C(N)=C(/N)C#N. The van der Waals surface area contributed by atoms with Crippen LogP contribution in [0.1, 0.15) is 20.8 Å². The van der Waals surface area contributed by atoms with Gasteiger partial charge in [-0.05, 0) is 97.2 Å². The van der Waals surface area contributed by atoms with Gasteiger partial charge in [-0.25, -0.2) is 9.97 Å². The number of nitrogens with zero attached hydrogens (tertiary/aromatic N) is 6. The smallest absolute Gasteiger partial charge is 0.269 e. The number of amides is 1.